The average Bonchev–Trinajstić information content (AvgIpc) is 3.65. The van der Waals surface area contributed by atoms with Gasteiger partial charge in [0.05, 0.1) is 37.1 Å². The molecule has 0 saturated carbocycles. The zero-order chi connectivity index (χ0) is 31.3. The summed E-state index contributed by atoms with van der Waals surface area (Å²) in [6.07, 6.45) is 4.09. The molecule has 10 heteroatoms. The number of aliphatic hydroxyl groups excluding tert-OH is 1. The van der Waals surface area contributed by atoms with Gasteiger partial charge in [0.15, 0.2) is 0 Å². The molecule has 234 valence electrons. The topological polar surface area (TPSA) is 125 Å². The SMILES string of the molecule is C=CCCC(=O)NC[C@H](OC(=O)[C@@H]1[C@H]2C(=O)N([C@@H](CC)CO)[C@H](C(=O)N(CC=C)C(C)C)[C@]23CC[C@H]1O3)c1ccccc1. The van der Waals surface area contributed by atoms with Crippen LogP contribution >= 0.6 is 0 Å². The van der Waals surface area contributed by atoms with Crippen LogP contribution in [0.15, 0.2) is 55.6 Å². The number of carbonyl (C=O) groups excluding carboxylic acids is 4. The zero-order valence-electron chi connectivity index (χ0n) is 25.4. The standard InChI is InChI=1S/C33H45N3O7/c1-6-9-15-26(38)34-19-25(22-13-11-10-12-14-22)42-32(41)27-24-16-17-33(43-24)28(27)30(39)36(23(8-3)20-37)29(33)31(40)35(18-7-2)21(4)5/h6-7,10-14,21,23-25,27-29,37H,1-2,8-9,15-20H2,3-5H3,(H,34,38)/t23-,24+,25-,27-,28-,29+,33-/m0/s1. The number of likely N-dealkylation sites (tertiary alicyclic amines) is 1. The Balaban J connectivity index is 1.66. The Morgan fingerprint density at radius 1 is 1.23 bits per heavy atom. The Hall–Kier alpha value is -3.50. The maximum absolute atomic E-state index is 14.3. The third-order valence-corrected chi connectivity index (χ3v) is 9.04. The molecule has 0 aromatic heterocycles. The number of nitrogens with one attached hydrogen (secondary N) is 1. The van der Waals surface area contributed by atoms with E-state index in [1.165, 1.54) is 4.90 Å². The molecule has 10 nitrogen and oxygen atoms in total. The molecule has 3 heterocycles. The fraction of sp³-hybridized carbons (Fsp3) is 0.576. The van der Waals surface area contributed by atoms with Gasteiger partial charge in [0, 0.05) is 19.0 Å². The van der Waals surface area contributed by atoms with Crippen molar-refractivity contribution in [1.82, 2.24) is 15.1 Å². The largest absolute Gasteiger partial charge is 0.455 e. The predicted octanol–water partition coefficient (Wildman–Crippen LogP) is 2.92. The van der Waals surface area contributed by atoms with Crippen LogP contribution in [0.25, 0.3) is 0 Å². The van der Waals surface area contributed by atoms with Gasteiger partial charge in [-0.15, -0.1) is 13.2 Å². The lowest BCUT2D eigenvalue weighted by atomic mass is 9.70. The quantitative estimate of drug-likeness (QED) is 0.236. The lowest BCUT2D eigenvalue weighted by Gasteiger charge is -2.40. The number of hydrogen-bond donors (Lipinski definition) is 2. The van der Waals surface area contributed by atoms with Crippen LogP contribution in [0.3, 0.4) is 0 Å². The smallest absolute Gasteiger partial charge is 0.313 e. The monoisotopic (exact) mass is 595 g/mol. The van der Waals surface area contributed by atoms with Crippen LogP contribution in [0.4, 0.5) is 0 Å². The highest BCUT2D eigenvalue weighted by molar-refractivity contribution is 5.98. The number of hydrogen-bond acceptors (Lipinski definition) is 7. The number of amides is 3. The molecule has 3 aliphatic rings. The molecule has 3 aliphatic heterocycles. The molecule has 1 aromatic carbocycles. The van der Waals surface area contributed by atoms with Crippen LogP contribution in [-0.2, 0) is 28.7 Å². The van der Waals surface area contributed by atoms with E-state index in [-0.39, 0.29) is 49.9 Å². The maximum Gasteiger partial charge on any atom is 0.313 e. The molecule has 4 rings (SSSR count). The van der Waals surface area contributed by atoms with E-state index in [0.29, 0.717) is 31.2 Å². The molecule has 1 spiro atoms. The van der Waals surface area contributed by atoms with Crippen LogP contribution in [0, 0.1) is 11.8 Å². The molecule has 7 atom stereocenters. The van der Waals surface area contributed by atoms with E-state index < -0.39 is 47.7 Å². The first-order valence-corrected chi connectivity index (χ1v) is 15.3. The summed E-state index contributed by atoms with van der Waals surface area (Å²) in [6.45, 7) is 13.1. The van der Waals surface area contributed by atoms with Crippen molar-refractivity contribution < 1.29 is 33.8 Å². The van der Waals surface area contributed by atoms with Gasteiger partial charge in [-0.2, -0.15) is 0 Å². The third kappa shape index (κ3) is 6.13. The summed E-state index contributed by atoms with van der Waals surface area (Å²) in [4.78, 5) is 57.9. The first-order valence-electron chi connectivity index (χ1n) is 15.3. The van der Waals surface area contributed by atoms with Crippen LogP contribution in [0.2, 0.25) is 0 Å². The number of benzene rings is 1. The van der Waals surface area contributed by atoms with E-state index in [4.69, 9.17) is 9.47 Å². The van der Waals surface area contributed by atoms with Crippen molar-refractivity contribution in [3.63, 3.8) is 0 Å². The molecule has 3 fully saturated rings. The fourth-order valence-corrected chi connectivity index (χ4v) is 6.94. The van der Waals surface area contributed by atoms with Gasteiger partial charge in [-0.05, 0) is 45.1 Å². The molecule has 3 saturated heterocycles. The van der Waals surface area contributed by atoms with Crippen LogP contribution < -0.4 is 5.32 Å². The zero-order valence-corrected chi connectivity index (χ0v) is 25.4. The minimum absolute atomic E-state index is 0.0638. The average molecular weight is 596 g/mol. The summed E-state index contributed by atoms with van der Waals surface area (Å²) in [5.74, 6) is -3.30. The second kappa shape index (κ2) is 13.9. The lowest BCUT2D eigenvalue weighted by molar-refractivity contribution is -0.161. The normalized spacial score (nSPS) is 27.0. The second-order valence-electron chi connectivity index (χ2n) is 11.9. The fourth-order valence-electron chi connectivity index (χ4n) is 6.94. The first kappa shape index (κ1) is 32.4. The number of allylic oxidation sites excluding steroid dienone is 1. The number of fused-ring (bicyclic) bond motifs is 1. The van der Waals surface area contributed by atoms with E-state index in [1.807, 2.05) is 51.1 Å². The minimum Gasteiger partial charge on any atom is -0.455 e. The summed E-state index contributed by atoms with van der Waals surface area (Å²) in [5.41, 5.74) is -0.505. The van der Waals surface area contributed by atoms with Gasteiger partial charge in [0.25, 0.3) is 0 Å². The van der Waals surface area contributed by atoms with Crippen molar-refractivity contribution in [3.8, 4) is 0 Å². The van der Waals surface area contributed by atoms with Crippen molar-refractivity contribution in [1.29, 1.82) is 0 Å². The van der Waals surface area contributed by atoms with Crippen molar-refractivity contribution in [3.05, 3.63) is 61.2 Å². The molecule has 2 N–H and O–H groups in total. The minimum atomic E-state index is -1.21. The summed E-state index contributed by atoms with van der Waals surface area (Å²) in [6, 6.07) is 7.36. The van der Waals surface area contributed by atoms with E-state index in [9.17, 15) is 24.3 Å². The van der Waals surface area contributed by atoms with Gasteiger partial charge in [-0.25, -0.2) is 0 Å². The molecule has 0 unspecified atom stereocenters. The number of nitrogens with zero attached hydrogens (tertiary/aromatic N) is 2. The Labute approximate surface area is 254 Å². The van der Waals surface area contributed by atoms with Gasteiger partial charge in [-0.1, -0.05) is 49.4 Å². The van der Waals surface area contributed by atoms with E-state index in [0.717, 1.165) is 0 Å². The second-order valence-corrected chi connectivity index (χ2v) is 11.9. The highest BCUT2D eigenvalue weighted by Gasteiger charge is 2.75. The van der Waals surface area contributed by atoms with Gasteiger partial charge in [0.2, 0.25) is 17.7 Å². The number of aliphatic hydroxyl groups is 1. The van der Waals surface area contributed by atoms with Gasteiger partial charge >= 0.3 is 5.97 Å². The molecule has 43 heavy (non-hydrogen) atoms. The Bertz CT molecular complexity index is 1200. The number of ether oxygens (including phenoxy) is 2. The Morgan fingerprint density at radius 2 is 1.95 bits per heavy atom. The lowest BCUT2D eigenvalue weighted by Crippen LogP contribution is -2.59. The molecule has 0 radical (unpaired) electrons. The molecular weight excluding hydrogens is 550 g/mol. The van der Waals surface area contributed by atoms with Crippen molar-refractivity contribution >= 4 is 23.7 Å². The summed E-state index contributed by atoms with van der Waals surface area (Å²) < 4.78 is 12.6. The van der Waals surface area contributed by atoms with Crippen LogP contribution in [0.5, 0.6) is 0 Å². The van der Waals surface area contributed by atoms with Crippen molar-refractivity contribution in [2.24, 2.45) is 11.8 Å². The summed E-state index contributed by atoms with van der Waals surface area (Å²) in [5, 5.41) is 13.1. The molecular formula is C33H45N3O7. The number of rotatable bonds is 15. The Morgan fingerprint density at radius 3 is 2.56 bits per heavy atom. The van der Waals surface area contributed by atoms with E-state index in [2.05, 4.69) is 18.5 Å². The van der Waals surface area contributed by atoms with Gasteiger partial charge in [0.1, 0.15) is 17.7 Å². The number of carbonyl (C=O) groups is 4. The Kier molecular flexibility index (Phi) is 10.4. The van der Waals surface area contributed by atoms with Crippen LogP contribution in [0.1, 0.15) is 64.5 Å². The van der Waals surface area contributed by atoms with Crippen molar-refractivity contribution in [2.75, 3.05) is 19.7 Å². The summed E-state index contributed by atoms with van der Waals surface area (Å²) >= 11 is 0. The number of esters is 1. The van der Waals surface area contributed by atoms with Gasteiger partial charge < -0.3 is 29.7 Å². The highest BCUT2D eigenvalue weighted by atomic mass is 16.6. The van der Waals surface area contributed by atoms with Crippen LogP contribution in [-0.4, -0.2) is 88.1 Å². The van der Waals surface area contributed by atoms with Crippen molar-refractivity contribution in [2.45, 2.75) is 88.8 Å². The summed E-state index contributed by atoms with van der Waals surface area (Å²) in [7, 11) is 0. The van der Waals surface area contributed by atoms with Gasteiger partial charge in [-0.3, -0.25) is 19.2 Å². The molecule has 0 aliphatic carbocycles. The third-order valence-electron chi connectivity index (χ3n) is 9.04. The predicted molar refractivity (Wildman–Crippen MR) is 160 cm³/mol. The molecule has 1 aromatic rings. The van der Waals surface area contributed by atoms with E-state index in [1.54, 1.807) is 17.1 Å². The highest BCUT2D eigenvalue weighted by Crippen LogP contribution is 2.59. The molecule has 3 amide bonds. The van der Waals surface area contributed by atoms with E-state index >= 15 is 0 Å². The maximum atomic E-state index is 14.3. The molecule has 2 bridgehead atoms. The first-order chi connectivity index (χ1) is 20.6.